The van der Waals surface area contributed by atoms with Crippen LogP contribution < -0.4 is 0 Å². The lowest BCUT2D eigenvalue weighted by Crippen LogP contribution is -1.95. The molecule has 0 amide bonds. The van der Waals surface area contributed by atoms with Gasteiger partial charge < -0.3 is 5.11 Å². The van der Waals surface area contributed by atoms with Crippen LogP contribution in [0.4, 0.5) is 0 Å². The molecule has 0 fully saturated rings. The number of aliphatic hydroxyl groups is 1. The van der Waals surface area contributed by atoms with Gasteiger partial charge in [-0.1, -0.05) is 0 Å². The van der Waals surface area contributed by atoms with Crippen LogP contribution >= 0.6 is 23.2 Å². The maximum atomic E-state index is 10.1. The molecule has 1 N–H and O–H groups in total. The van der Waals surface area contributed by atoms with E-state index in [0.29, 0.717) is 0 Å². The highest BCUT2D eigenvalue weighted by molar-refractivity contribution is 6.45. The van der Waals surface area contributed by atoms with Crippen molar-refractivity contribution in [2.45, 2.75) is 18.2 Å². The van der Waals surface area contributed by atoms with Gasteiger partial charge >= 0.3 is 0 Å². The molecule has 0 aromatic carbocycles. The Labute approximate surface area is 64.8 Å². The first kappa shape index (κ1) is 11.9. The first-order chi connectivity index (χ1) is 4.13. The maximum absolute atomic E-state index is 10.1. The van der Waals surface area contributed by atoms with Crippen LogP contribution in [0.5, 0.6) is 0 Å². The van der Waals surface area contributed by atoms with E-state index in [1.54, 1.807) is 0 Å². The first-order valence-corrected chi connectivity index (χ1v) is 3.22. The molecule has 9 heavy (non-hydrogen) atoms. The quantitative estimate of drug-likeness (QED) is 0.640. The smallest absolute Gasteiger partial charge is 0.132 e. The molecule has 0 unspecified atom stereocenters. The molecule has 0 saturated heterocycles. The van der Waals surface area contributed by atoms with Crippen LogP contribution in [0.15, 0.2) is 0 Å². The zero-order chi connectivity index (χ0) is 7.86. The summed E-state index contributed by atoms with van der Waals surface area (Å²) in [6.07, 6.45) is 0.253. The van der Waals surface area contributed by atoms with Gasteiger partial charge in [-0.05, 0) is 6.92 Å². The number of rotatable bonds is 2. The monoisotopic (exact) mass is 172 g/mol. The van der Waals surface area contributed by atoms with Gasteiger partial charge in [0.2, 0.25) is 0 Å². The van der Waals surface area contributed by atoms with Crippen LogP contribution in [-0.2, 0) is 4.79 Å². The average Bonchev–Trinajstić information content (AvgIpc) is 1.68. The number of carbonyl (C=O) groups is 1. The van der Waals surface area contributed by atoms with Gasteiger partial charge in [0.05, 0.1) is 0 Å². The zero-order valence-corrected chi connectivity index (χ0v) is 6.91. The number of ketones is 1. The minimum Gasteiger partial charge on any atom is -0.400 e. The van der Waals surface area contributed by atoms with Crippen LogP contribution in [-0.4, -0.2) is 22.8 Å². The van der Waals surface area contributed by atoms with E-state index in [0.717, 1.165) is 7.11 Å². The second kappa shape index (κ2) is 8.21. The maximum Gasteiger partial charge on any atom is 0.132 e. The summed E-state index contributed by atoms with van der Waals surface area (Å²) >= 11 is 10.4. The largest absolute Gasteiger partial charge is 0.400 e. The fourth-order valence-electron chi connectivity index (χ4n) is 0.217. The minimum absolute atomic E-state index is 0.0231. The lowest BCUT2D eigenvalue weighted by Gasteiger charge is -1.90. The number of carbonyl (C=O) groups excluding carboxylic acids is 1. The lowest BCUT2D eigenvalue weighted by atomic mass is 10.4. The van der Waals surface area contributed by atoms with Crippen molar-refractivity contribution < 1.29 is 9.90 Å². The molecule has 2 nitrogen and oxygen atoms in total. The van der Waals surface area contributed by atoms with Crippen molar-refractivity contribution in [1.29, 1.82) is 0 Å². The van der Waals surface area contributed by atoms with Gasteiger partial charge in [-0.25, -0.2) is 0 Å². The minimum atomic E-state index is -0.530. The molecule has 0 aliphatic heterocycles. The van der Waals surface area contributed by atoms with E-state index in [4.69, 9.17) is 28.3 Å². The number of Topliss-reactive ketones (excluding diaryl/α,β-unsaturated/α-hetero) is 1. The molecule has 56 valence electrons. The van der Waals surface area contributed by atoms with Gasteiger partial charge in [-0.15, -0.1) is 23.2 Å². The number of alkyl halides is 2. The van der Waals surface area contributed by atoms with E-state index < -0.39 is 4.84 Å². The summed E-state index contributed by atoms with van der Waals surface area (Å²) in [5.74, 6) is 0.0231. The Balaban J connectivity index is 0. The van der Waals surface area contributed by atoms with Crippen LogP contribution in [0.1, 0.15) is 13.3 Å². The molecule has 0 spiro atoms. The lowest BCUT2D eigenvalue weighted by molar-refractivity contribution is -0.116. The average molecular weight is 173 g/mol. The predicted molar refractivity (Wildman–Crippen MR) is 38.9 cm³/mol. The number of aliphatic hydroxyl groups excluding tert-OH is 1. The molecule has 0 bridgehead atoms. The predicted octanol–water partition coefficient (Wildman–Crippen LogP) is 1.38. The van der Waals surface area contributed by atoms with E-state index in [9.17, 15) is 4.79 Å². The van der Waals surface area contributed by atoms with E-state index in [1.807, 2.05) is 0 Å². The summed E-state index contributed by atoms with van der Waals surface area (Å²) in [4.78, 5) is 9.56. The van der Waals surface area contributed by atoms with Gasteiger partial charge in [-0.2, -0.15) is 0 Å². The summed E-state index contributed by atoms with van der Waals surface area (Å²) in [5, 5.41) is 7.00. The molecular weight excluding hydrogens is 163 g/mol. The second-order valence-electron chi connectivity index (χ2n) is 1.30. The molecule has 4 heteroatoms. The standard InChI is InChI=1S/C4H6Cl2O.CH4O/c1-3(7)2-4(5)6;1-2/h4H,2H2,1H3;2H,1H3. The third-order valence-electron chi connectivity index (χ3n) is 0.442. The van der Waals surface area contributed by atoms with Gasteiger partial charge in [0, 0.05) is 13.5 Å². The Morgan fingerprint density at radius 1 is 1.56 bits per heavy atom. The molecule has 0 aliphatic carbocycles. The van der Waals surface area contributed by atoms with Crippen molar-refractivity contribution in [3.63, 3.8) is 0 Å². The van der Waals surface area contributed by atoms with Gasteiger partial charge in [0.15, 0.2) is 0 Å². The van der Waals surface area contributed by atoms with Crippen molar-refractivity contribution in [3.05, 3.63) is 0 Å². The molecule has 0 saturated carbocycles. The van der Waals surface area contributed by atoms with Crippen molar-refractivity contribution in [3.8, 4) is 0 Å². The first-order valence-electron chi connectivity index (χ1n) is 2.35. The van der Waals surface area contributed by atoms with Gasteiger partial charge in [0.25, 0.3) is 0 Å². The molecule has 0 radical (unpaired) electrons. The highest BCUT2D eigenvalue weighted by Crippen LogP contribution is 2.05. The highest BCUT2D eigenvalue weighted by Gasteiger charge is 2.00. The van der Waals surface area contributed by atoms with E-state index >= 15 is 0 Å². The van der Waals surface area contributed by atoms with E-state index in [2.05, 4.69) is 0 Å². The number of hydrogen-bond donors (Lipinski definition) is 1. The van der Waals surface area contributed by atoms with Crippen molar-refractivity contribution in [2.24, 2.45) is 0 Å². The van der Waals surface area contributed by atoms with Gasteiger partial charge in [-0.3, -0.25) is 4.79 Å². The fourth-order valence-corrected chi connectivity index (χ4v) is 0.652. The summed E-state index contributed by atoms with van der Waals surface area (Å²) in [6, 6.07) is 0. The molecule has 0 aromatic heterocycles. The van der Waals surface area contributed by atoms with E-state index in [-0.39, 0.29) is 12.2 Å². The molecular formula is C5H10Cl2O2. The van der Waals surface area contributed by atoms with Crippen LogP contribution in [0.25, 0.3) is 0 Å². The topological polar surface area (TPSA) is 37.3 Å². The molecule has 0 aliphatic rings. The van der Waals surface area contributed by atoms with Crippen molar-refractivity contribution in [2.75, 3.05) is 7.11 Å². The van der Waals surface area contributed by atoms with Crippen molar-refractivity contribution in [1.82, 2.24) is 0 Å². The highest BCUT2D eigenvalue weighted by atomic mass is 35.5. The third-order valence-corrected chi connectivity index (χ3v) is 0.750. The Hall–Kier alpha value is 0.210. The molecule has 0 atom stereocenters. The number of halogens is 2. The summed E-state index contributed by atoms with van der Waals surface area (Å²) in [6.45, 7) is 1.46. The summed E-state index contributed by atoms with van der Waals surface area (Å²) < 4.78 is 0. The molecule has 0 heterocycles. The Morgan fingerprint density at radius 3 is 1.89 bits per heavy atom. The van der Waals surface area contributed by atoms with Crippen molar-refractivity contribution >= 4 is 29.0 Å². The van der Waals surface area contributed by atoms with Crippen LogP contribution in [0.3, 0.4) is 0 Å². The normalized spacial score (nSPS) is 8.22. The Bertz CT molecular complexity index is 73.4. The Morgan fingerprint density at radius 2 is 1.89 bits per heavy atom. The summed E-state index contributed by atoms with van der Waals surface area (Å²) in [5.41, 5.74) is 0. The fraction of sp³-hybridized carbons (Fsp3) is 0.800. The summed E-state index contributed by atoms with van der Waals surface area (Å²) in [7, 11) is 1.00. The van der Waals surface area contributed by atoms with E-state index in [1.165, 1.54) is 6.92 Å². The van der Waals surface area contributed by atoms with Crippen LogP contribution in [0.2, 0.25) is 0 Å². The van der Waals surface area contributed by atoms with Gasteiger partial charge in [0.1, 0.15) is 10.6 Å². The second-order valence-corrected chi connectivity index (χ2v) is 2.57. The SMILES string of the molecule is CC(=O)CC(Cl)Cl.CO. The van der Waals surface area contributed by atoms with Crippen LogP contribution in [0, 0.1) is 0 Å². The zero-order valence-electron chi connectivity index (χ0n) is 5.40. The molecule has 0 aromatic rings. The third kappa shape index (κ3) is 17.9. The Kier molecular flexibility index (Phi) is 10.9. The number of hydrogen-bond acceptors (Lipinski definition) is 2. The molecule has 0 rings (SSSR count).